The normalized spacial score (nSPS) is 10.9. The van der Waals surface area contributed by atoms with Crippen LogP contribution in [0.1, 0.15) is 13.3 Å². The van der Waals surface area contributed by atoms with Crippen molar-refractivity contribution in [3.8, 4) is 0 Å². The molecule has 5 heteroatoms. The summed E-state index contributed by atoms with van der Waals surface area (Å²) in [6.07, 6.45) is 4.55. The van der Waals surface area contributed by atoms with E-state index in [1.54, 1.807) is 18.5 Å². The van der Waals surface area contributed by atoms with Gasteiger partial charge in [-0.15, -0.1) is 0 Å². The van der Waals surface area contributed by atoms with Crippen molar-refractivity contribution in [2.75, 3.05) is 11.4 Å². The number of pyridine rings is 1. The van der Waals surface area contributed by atoms with Gasteiger partial charge >= 0.3 is 0 Å². The summed E-state index contributed by atoms with van der Waals surface area (Å²) in [4.78, 5) is 6.18. The summed E-state index contributed by atoms with van der Waals surface area (Å²) < 4.78 is 5.39. The number of fused-ring (bicyclic) bond motifs is 1. The molecule has 0 unspecified atom stereocenters. The SMILES string of the molecule is CCCN(c1ccncc1)c1noc2cc(Cl)ccc12. The van der Waals surface area contributed by atoms with E-state index in [9.17, 15) is 0 Å². The van der Waals surface area contributed by atoms with Gasteiger partial charge in [0.1, 0.15) is 0 Å². The maximum Gasteiger partial charge on any atom is 0.184 e. The molecule has 0 radical (unpaired) electrons. The molecule has 1 aromatic carbocycles. The van der Waals surface area contributed by atoms with Gasteiger partial charge in [-0.25, -0.2) is 0 Å². The summed E-state index contributed by atoms with van der Waals surface area (Å²) in [6.45, 7) is 2.99. The molecule has 0 N–H and O–H groups in total. The van der Waals surface area contributed by atoms with Crippen LogP contribution in [0.3, 0.4) is 0 Å². The Labute approximate surface area is 122 Å². The maximum absolute atomic E-state index is 5.98. The van der Waals surface area contributed by atoms with Gasteiger partial charge in [0, 0.05) is 35.7 Å². The van der Waals surface area contributed by atoms with Gasteiger partial charge in [0.2, 0.25) is 0 Å². The summed E-state index contributed by atoms with van der Waals surface area (Å²) in [5.41, 5.74) is 1.75. The monoisotopic (exact) mass is 287 g/mol. The fraction of sp³-hybridized carbons (Fsp3) is 0.200. The molecule has 0 fully saturated rings. The van der Waals surface area contributed by atoms with Crippen LogP contribution in [0.15, 0.2) is 47.2 Å². The van der Waals surface area contributed by atoms with E-state index in [0.29, 0.717) is 10.6 Å². The van der Waals surface area contributed by atoms with E-state index in [4.69, 9.17) is 16.1 Å². The molecule has 0 spiro atoms. The van der Waals surface area contributed by atoms with Crippen LogP contribution in [0.4, 0.5) is 11.5 Å². The molecule has 20 heavy (non-hydrogen) atoms. The molecule has 0 aliphatic carbocycles. The standard InChI is InChI=1S/C15H14ClN3O/c1-2-9-19(12-5-7-17-8-6-12)15-13-4-3-11(16)10-14(13)20-18-15/h3-8,10H,2,9H2,1H3. The summed E-state index contributed by atoms with van der Waals surface area (Å²) >= 11 is 5.98. The van der Waals surface area contributed by atoms with Gasteiger partial charge in [-0.3, -0.25) is 4.98 Å². The Balaban J connectivity index is 2.10. The van der Waals surface area contributed by atoms with Crippen molar-refractivity contribution in [1.82, 2.24) is 10.1 Å². The Morgan fingerprint density at radius 3 is 2.75 bits per heavy atom. The third kappa shape index (κ3) is 2.34. The maximum atomic E-state index is 5.98. The zero-order valence-corrected chi connectivity index (χ0v) is 11.8. The molecule has 0 bridgehead atoms. The van der Waals surface area contributed by atoms with Gasteiger partial charge in [-0.05, 0) is 30.7 Å². The predicted molar refractivity (Wildman–Crippen MR) is 80.6 cm³/mol. The van der Waals surface area contributed by atoms with Crippen LogP contribution in [0, 0.1) is 0 Å². The molecule has 0 aliphatic rings. The van der Waals surface area contributed by atoms with Crippen molar-refractivity contribution in [2.24, 2.45) is 0 Å². The summed E-state index contributed by atoms with van der Waals surface area (Å²) in [5.74, 6) is 0.810. The molecule has 2 heterocycles. The van der Waals surface area contributed by atoms with Crippen molar-refractivity contribution in [3.05, 3.63) is 47.7 Å². The van der Waals surface area contributed by atoms with Crippen molar-refractivity contribution < 1.29 is 4.52 Å². The number of anilines is 2. The molecule has 102 valence electrons. The molecule has 4 nitrogen and oxygen atoms in total. The van der Waals surface area contributed by atoms with E-state index in [1.165, 1.54) is 0 Å². The van der Waals surface area contributed by atoms with E-state index in [2.05, 4.69) is 22.0 Å². The van der Waals surface area contributed by atoms with Gasteiger partial charge < -0.3 is 9.42 Å². The molecule has 0 atom stereocenters. The number of rotatable bonds is 4. The van der Waals surface area contributed by atoms with Gasteiger partial charge in [0.05, 0.1) is 5.39 Å². The second-order valence-electron chi connectivity index (χ2n) is 4.50. The smallest absolute Gasteiger partial charge is 0.184 e. The topological polar surface area (TPSA) is 42.2 Å². The number of benzene rings is 1. The number of aromatic nitrogens is 2. The summed E-state index contributed by atoms with van der Waals surface area (Å²) in [6, 6.07) is 9.50. The lowest BCUT2D eigenvalue weighted by Gasteiger charge is -2.21. The Hall–Kier alpha value is -2.07. The average Bonchev–Trinajstić information content (AvgIpc) is 2.88. The van der Waals surface area contributed by atoms with E-state index >= 15 is 0 Å². The van der Waals surface area contributed by atoms with Crippen molar-refractivity contribution in [3.63, 3.8) is 0 Å². The summed E-state index contributed by atoms with van der Waals surface area (Å²) in [7, 11) is 0. The van der Waals surface area contributed by atoms with Crippen LogP contribution in [0.2, 0.25) is 5.02 Å². The van der Waals surface area contributed by atoms with Crippen molar-refractivity contribution in [1.29, 1.82) is 0 Å². The molecule has 3 rings (SSSR count). The highest BCUT2D eigenvalue weighted by Gasteiger charge is 2.16. The molecule has 0 aliphatic heterocycles. The van der Waals surface area contributed by atoms with Crippen LogP contribution >= 0.6 is 11.6 Å². The Morgan fingerprint density at radius 2 is 2.00 bits per heavy atom. The summed E-state index contributed by atoms with van der Waals surface area (Å²) in [5, 5.41) is 5.81. The van der Waals surface area contributed by atoms with E-state index in [0.717, 1.165) is 29.9 Å². The lowest BCUT2D eigenvalue weighted by molar-refractivity contribution is 0.457. The van der Waals surface area contributed by atoms with Gasteiger partial charge in [-0.1, -0.05) is 23.7 Å². The number of halogens is 1. The predicted octanol–water partition coefficient (Wildman–Crippen LogP) is 4.42. The molecule has 0 saturated heterocycles. The zero-order valence-electron chi connectivity index (χ0n) is 11.1. The minimum absolute atomic E-state index is 0.645. The fourth-order valence-electron chi connectivity index (χ4n) is 2.20. The second kappa shape index (κ2) is 5.51. The van der Waals surface area contributed by atoms with Crippen molar-refractivity contribution in [2.45, 2.75) is 13.3 Å². The van der Waals surface area contributed by atoms with E-state index in [-0.39, 0.29) is 0 Å². The first-order valence-corrected chi connectivity index (χ1v) is 6.90. The molecule has 2 aromatic heterocycles. The van der Waals surface area contributed by atoms with E-state index < -0.39 is 0 Å². The zero-order chi connectivity index (χ0) is 13.9. The number of hydrogen-bond donors (Lipinski definition) is 0. The lowest BCUT2D eigenvalue weighted by Crippen LogP contribution is -2.18. The molecular formula is C15H14ClN3O. The highest BCUT2D eigenvalue weighted by molar-refractivity contribution is 6.31. The fourth-order valence-corrected chi connectivity index (χ4v) is 2.36. The first-order chi connectivity index (χ1) is 9.79. The average molecular weight is 288 g/mol. The van der Waals surface area contributed by atoms with E-state index in [1.807, 2.05) is 24.3 Å². The quantitative estimate of drug-likeness (QED) is 0.712. The Morgan fingerprint density at radius 1 is 1.20 bits per heavy atom. The van der Waals surface area contributed by atoms with Crippen LogP contribution in [0.5, 0.6) is 0 Å². The van der Waals surface area contributed by atoms with Gasteiger partial charge in [-0.2, -0.15) is 0 Å². The van der Waals surface area contributed by atoms with Gasteiger partial charge in [0.25, 0.3) is 0 Å². The Bertz CT molecular complexity index is 711. The number of hydrogen-bond acceptors (Lipinski definition) is 4. The van der Waals surface area contributed by atoms with Crippen LogP contribution in [-0.2, 0) is 0 Å². The lowest BCUT2D eigenvalue weighted by atomic mass is 10.2. The van der Waals surface area contributed by atoms with Crippen LogP contribution < -0.4 is 4.90 Å². The molecule has 0 amide bonds. The van der Waals surface area contributed by atoms with Crippen molar-refractivity contribution >= 4 is 34.1 Å². The van der Waals surface area contributed by atoms with Crippen LogP contribution in [0.25, 0.3) is 11.0 Å². The Kier molecular flexibility index (Phi) is 3.56. The molecular weight excluding hydrogens is 274 g/mol. The van der Waals surface area contributed by atoms with Crippen LogP contribution in [-0.4, -0.2) is 16.7 Å². The highest BCUT2D eigenvalue weighted by atomic mass is 35.5. The number of nitrogens with zero attached hydrogens (tertiary/aromatic N) is 3. The minimum Gasteiger partial charge on any atom is -0.354 e. The largest absolute Gasteiger partial charge is 0.354 e. The highest BCUT2D eigenvalue weighted by Crippen LogP contribution is 2.32. The first kappa shape index (κ1) is 12.9. The van der Waals surface area contributed by atoms with Gasteiger partial charge in [0.15, 0.2) is 11.4 Å². The molecule has 3 aromatic rings. The first-order valence-electron chi connectivity index (χ1n) is 6.52. The third-order valence-corrected chi connectivity index (χ3v) is 3.33. The second-order valence-corrected chi connectivity index (χ2v) is 4.94. The third-order valence-electron chi connectivity index (χ3n) is 3.09. The minimum atomic E-state index is 0.645. The molecule has 0 saturated carbocycles.